The SMILES string of the molecule is CN(C)c1cccc(C(O)(C=Cc2cccc(F)c2)C(F)(F)F)c1. The van der Waals surface area contributed by atoms with Crippen LogP contribution < -0.4 is 4.90 Å². The van der Waals surface area contributed by atoms with Gasteiger partial charge in [-0.25, -0.2) is 4.39 Å². The van der Waals surface area contributed by atoms with Crippen LogP contribution in [0.15, 0.2) is 54.6 Å². The molecule has 0 heterocycles. The molecule has 1 unspecified atom stereocenters. The molecule has 1 atom stereocenters. The van der Waals surface area contributed by atoms with E-state index in [1.54, 1.807) is 25.1 Å². The molecular formula is C18H17F4NO. The first-order valence-corrected chi connectivity index (χ1v) is 7.15. The molecule has 0 aliphatic rings. The van der Waals surface area contributed by atoms with Crippen LogP contribution in [0.25, 0.3) is 6.08 Å². The fourth-order valence-corrected chi connectivity index (χ4v) is 2.20. The van der Waals surface area contributed by atoms with Crippen molar-refractivity contribution < 1.29 is 22.7 Å². The summed E-state index contributed by atoms with van der Waals surface area (Å²) in [6, 6.07) is 10.7. The molecule has 1 N–H and O–H groups in total. The van der Waals surface area contributed by atoms with Crippen LogP contribution in [0, 0.1) is 5.82 Å². The molecule has 2 nitrogen and oxygen atoms in total. The lowest BCUT2D eigenvalue weighted by Crippen LogP contribution is -2.40. The number of aliphatic hydroxyl groups is 1. The van der Waals surface area contributed by atoms with Crippen LogP contribution in [0.3, 0.4) is 0 Å². The third-order valence-electron chi connectivity index (χ3n) is 3.60. The number of anilines is 1. The van der Waals surface area contributed by atoms with Gasteiger partial charge in [0.25, 0.3) is 0 Å². The van der Waals surface area contributed by atoms with Crippen molar-refractivity contribution in [3.05, 3.63) is 71.6 Å². The summed E-state index contributed by atoms with van der Waals surface area (Å²) in [5, 5.41) is 10.3. The quantitative estimate of drug-likeness (QED) is 0.837. The topological polar surface area (TPSA) is 23.5 Å². The Labute approximate surface area is 137 Å². The normalized spacial score (nSPS) is 14.6. The zero-order valence-corrected chi connectivity index (χ0v) is 13.2. The average molecular weight is 339 g/mol. The van der Waals surface area contributed by atoms with Gasteiger partial charge in [0.05, 0.1) is 0 Å². The van der Waals surface area contributed by atoms with Crippen molar-refractivity contribution in [1.82, 2.24) is 0 Å². The van der Waals surface area contributed by atoms with Crippen LogP contribution >= 0.6 is 0 Å². The Hall–Kier alpha value is -2.34. The van der Waals surface area contributed by atoms with E-state index in [9.17, 15) is 22.7 Å². The third kappa shape index (κ3) is 3.76. The van der Waals surface area contributed by atoms with Crippen LogP contribution in [0.4, 0.5) is 23.2 Å². The Balaban J connectivity index is 2.49. The van der Waals surface area contributed by atoms with Crippen LogP contribution in [0.1, 0.15) is 11.1 Å². The van der Waals surface area contributed by atoms with Gasteiger partial charge in [0.2, 0.25) is 5.60 Å². The van der Waals surface area contributed by atoms with Crippen molar-refractivity contribution in [3.63, 3.8) is 0 Å². The minimum Gasteiger partial charge on any atom is -0.378 e. The fraction of sp³-hybridized carbons (Fsp3) is 0.222. The Bertz CT molecular complexity index is 740. The van der Waals surface area contributed by atoms with Crippen LogP contribution in [-0.4, -0.2) is 25.4 Å². The van der Waals surface area contributed by atoms with Crippen LogP contribution in [0.2, 0.25) is 0 Å². The molecule has 128 valence electrons. The number of halogens is 4. The Kier molecular flexibility index (Phi) is 4.99. The lowest BCUT2D eigenvalue weighted by Gasteiger charge is -2.29. The Morgan fingerprint density at radius 3 is 2.25 bits per heavy atom. The number of hydrogen-bond donors (Lipinski definition) is 1. The first kappa shape index (κ1) is 18.0. The molecule has 0 radical (unpaired) electrons. The lowest BCUT2D eigenvalue weighted by molar-refractivity contribution is -0.244. The minimum atomic E-state index is -4.93. The fourth-order valence-electron chi connectivity index (χ4n) is 2.20. The van der Waals surface area contributed by atoms with Gasteiger partial charge in [0.15, 0.2) is 0 Å². The molecule has 0 aromatic heterocycles. The van der Waals surface area contributed by atoms with E-state index in [4.69, 9.17) is 0 Å². The molecule has 0 amide bonds. The van der Waals surface area contributed by atoms with Gasteiger partial charge in [-0.1, -0.05) is 30.3 Å². The number of alkyl halides is 3. The highest BCUT2D eigenvalue weighted by atomic mass is 19.4. The van der Waals surface area contributed by atoms with Gasteiger partial charge in [-0.2, -0.15) is 13.2 Å². The maximum atomic E-state index is 13.5. The summed E-state index contributed by atoms with van der Waals surface area (Å²) in [5.41, 5.74) is -2.74. The Morgan fingerprint density at radius 1 is 1.00 bits per heavy atom. The maximum Gasteiger partial charge on any atom is 0.425 e. The zero-order valence-electron chi connectivity index (χ0n) is 13.2. The zero-order chi connectivity index (χ0) is 18.0. The standard InChI is InChI=1S/C18H17F4NO/c1-23(2)16-8-4-6-14(12-16)17(24,18(20,21)22)10-9-13-5-3-7-15(19)11-13/h3-12,24H,1-2H3. The van der Waals surface area contributed by atoms with E-state index in [0.29, 0.717) is 11.8 Å². The lowest BCUT2D eigenvalue weighted by atomic mass is 9.91. The summed E-state index contributed by atoms with van der Waals surface area (Å²) in [6.07, 6.45) is -3.24. The molecule has 24 heavy (non-hydrogen) atoms. The van der Waals surface area contributed by atoms with Crippen molar-refractivity contribution in [3.8, 4) is 0 Å². The van der Waals surface area contributed by atoms with Crippen molar-refractivity contribution in [2.24, 2.45) is 0 Å². The second-order valence-electron chi connectivity index (χ2n) is 5.60. The molecule has 0 saturated carbocycles. The van der Waals surface area contributed by atoms with Gasteiger partial charge in [0, 0.05) is 19.8 Å². The minimum absolute atomic E-state index is 0.224. The van der Waals surface area contributed by atoms with Crippen molar-refractivity contribution >= 4 is 11.8 Å². The average Bonchev–Trinajstić information content (AvgIpc) is 2.51. The van der Waals surface area contributed by atoms with Crippen LogP contribution in [-0.2, 0) is 5.60 Å². The summed E-state index contributed by atoms with van der Waals surface area (Å²) < 4.78 is 53.7. The van der Waals surface area contributed by atoms with Gasteiger partial charge in [0.1, 0.15) is 5.82 Å². The molecule has 6 heteroatoms. The molecule has 0 aliphatic heterocycles. The second kappa shape index (κ2) is 6.65. The highest BCUT2D eigenvalue weighted by molar-refractivity contribution is 5.54. The van der Waals surface area contributed by atoms with Crippen molar-refractivity contribution in [2.75, 3.05) is 19.0 Å². The molecule has 0 fully saturated rings. The predicted octanol–water partition coefficient (Wildman–Crippen LogP) is 4.36. The van der Waals surface area contributed by atoms with Gasteiger partial charge >= 0.3 is 6.18 Å². The summed E-state index contributed by atoms with van der Waals surface area (Å²) in [4.78, 5) is 1.64. The van der Waals surface area contributed by atoms with Crippen LogP contribution in [0.5, 0.6) is 0 Å². The molecule has 0 spiro atoms. The largest absolute Gasteiger partial charge is 0.425 e. The summed E-state index contributed by atoms with van der Waals surface area (Å²) in [6.45, 7) is 0. The molecule has 0 bridgehead atoms. The number of rotatable bonds is 4. The smallest absolute Gasteiger partial charge is 0.378 e. The second-order valence-corrected chi connectivity index (χ2v) is 5.60. The van der Waals surface area contributed by atoms with E-state index >= 15 is 0 Å². The van der Waals surface area contributed by atoms with Crippen molar-refractivity contribution in [1.29, 1.82) is 0 Å². The molecule has 0 saturated heterocycles. The van der Waals surface area contributed by atoms with E-state index in [2.05, 4.69) is 0 Å². The number of hydrogen-bond acceptors (Lipinski definition) is 2. The van der Waals surface area contributed by atoms with E-state index in [-0.39, 0.29) is 11.1 Å². The maximum absolute atomic E-state index is 13.5. The Morgan fingerprint density at radius 2 is 1.67 bits per heavy atom. The first-order chi connectivity index (χ1) is 11.1. The summed E-state index contributed by atoms with van der Waals surface area (Å²) >= 11 is 0. The van der Waals surface area contributed by atoms with E-state index in [1.807, 2.05) is 0 Å². The van der Waals surface area contributed by atoms with Gasteiger partial charge in [-0.05, 0) is 41.5 Å². The molecule has 2 aromatic carbocycles. The molecular weight excluding hydrogens is 322 g/mol. The highest BCUT2D eigenvalue weighted by Gasteiger charge is 2.53. The van der Waals surface area contributed by atoms with E-state index in [0.717, 1.165) is 12.1 Å². The monoisotopic (exact) mass is 339 g/mol. The van der Waals surface area contributed by atoms with E-state index < -0.39 is 17.6 Å². The summed E-state index contributed by atoms with van der Waals surface area (Å²) in [5.74, 6) is -0.567. The third-order valence-corrected chi connectivity index (χ3v) is 3.60. The van der Waals surface area contributed by atoms with Gasteiger partial charge in [-0.15, -0.1) is 0 Å². The molecule has 2 rings (SSSR count). The van der Waals surface area contributed by atoms with Gasteiger partial charge < -0.3 is 10.0 Å². The first-order valence-electron chi connectivity index (χ1n) is 7.15. The number of nitrogens with zero attached hydrogens (tertiary/aromatic N) is 1. The van der Waals surface area contributed by atoms with Crippen molar-refractivity contribution in [2.45, 2.75) is 11.8 Å². The highest BCUT2D eigenvalue weighted by Crippen LogP contribution is 2.41. The number of benzene rings is 2. The van der Waals surface area contributed by atoms with E-state index in [1.165, 1.54) is 36.4 Å². The van der Waals surface area contributed by atoms with Gasteiger partial charge in [-0.3, -0.25) is 0 Å². The summed E-state index contributed by atoms with van der Waals surface area (Å²) in [7, 11) is 3.38. The predicted molar refractivity (Wildman–Crippen MR) is 86.2 cm³/mol. The molecule has 2 aromatic rings. The molecule has 0 aliphatic carbocycles.